The number of rotatable bonds is 7. The van der Waals surface area contributed by atoms with Crippen LogP contribution in [0.1, 0.15) is 20.3 Å². The van der Waals surface area contributed by atoms with Crippen LogP contribution in [0.25, 0.3) is 0 Å². The SMILES string of the molecule is CCC(SCCS(=O)(=O)CC)C(=O)O. The van der Waals surface area contributed by atoms with Crippen molar-refractivity contribution in [3.8, 4) is 0 Å². The predicted octanol–water partition coefficient (Wildman–Crippen LogP) is 1.02. The van der Waals surface area contributed by atoms with Crippen LogP contribution in [0.15, 0.2) is 0 Å². The van der Waals surface area contributed by atoms with E-state index in [-0.39, 0.29) is 11.5 Å². The van der Waals surface area contributed by atoms with E-state index in [4.69, 9.17) is 5.11 Å². The lowest BCUT2D eigenvalue weighted by atomic mass is 10.3. The summed E-state index contributed by atoms with van der Waals surface area (Å²) in [5.74, 6) is -0.317. The molecule has 0 bridgehead atoms. The third-order valence-electron chi connectivity index (χ3n) is 1.80. The highest BCUT2D eigenvalue weighted by atomic mass is 32.2. The van der Waals surface area contributed by atoms with Crippen LogP contribution in [-0.2, 0) is 14.6 Å². The lowest BCUT2D eigenvalue weighted by molar-refractivity contribution is -0.136. The van der Waals surface area contributed by atoms with Gasteiger partial charge in [-0.1, -0.05) is 13.8 Å². The highest BCUT2D eigenvalue weighted by Gasteiger charge is 2.16. The van der Waals surface area contributed by atoms with Crippen molar-refractivity contribution in [2.45, 2.75) is 25.5 Å². The Labute approximate surface area is 89.0 Å². The van der Waals surface area contributed by atoms with Crippen molar-refractivity contribution in [3.05, 3.63) is 0 Å². The van der Waals surface area contributed by atoms with Gasteiger partial charge in [-0.3, -0.25) is 4.79 Å². The molecular formula is C8H16O4S2. The summed E-state index contributed by atoms with van der Waals surface area (Å²) in [7, 11) is -2.96. The molecule has 1 atom stereocenters. The van der Waals surface area contributed by atoms with Gasteiger partial charge < -0.3 is 5.11 Å². The Morgan fingerprint density at radius 3 is 2.36 bits per heavy atom. The minimum absolute atomic E-state index is 0.0674. The number of sulfone groups is 1. The van der Waals surface area contributed by atoms with E-state index >= 15 is 0 Å². The normalized spacial score (nSPS) is 13.9. The molecule has 0 aliphatic heterocycles. The maximum Gasteiger partial charge on any atom is 0.316 e. The van der Waals surface area contributed by atoms with Gasteiger partial charge in [-0.15, -0.1) is 11.8 Å². The zero-order valence-electron chi connectivity index (χ0n) is 8.39. The van der Waals surface area contributed by atoms with Crippen molar-refractivity contribution >= 4 is 27.6 Å². The van der Waals surface area contributed by atoms with E-state index in [1.807, 2.05) is 0 Å². The minimum atomic E-state index is -2.96. The van der Waals surface area contributed by atoms with Gasteiger partial charge >= 0.3 is 5.97 Å². The maximum absolute atomic E-state index is 11.1. The first-order chi connectivity index (χ1) is 6.43. The molecule has 0 aliphatic rings. The summed E-state index contributed by atoms with van der Waals surface area (Å²) in [6.45, 7) is 3.37. The molecule has 0 radical (unpaired) electrons. The molecule has 0 saturated heterocycles. The Kier molecular flexibility index (Phi) is 6.19. The zero-order chi connectivity index (χ0) is 11.2. The summed E-state index contributed by atoms with van der Waals surface area (Å²) in [6.07, 6.45) is 0.520. The van der Waals surface area contributed by atoms with Crippen molar-refractivity contribution in [2.75, 3.05) is 17.3 Å². The van der Waals surface area contributed by atoms with E-state index in [9.17, 15) is 13.2 Å². The number of thioether (sulfide) groups is 1. The molecule has 1 N–H and O–H groups in total. The predicted molar refractivity (Wildman–Crippen MR) is 58.5 cm³/mol. The second-order valence-corrected chi connectivity index (χ2v) is 6.63. The molecule has 0 heterocycles. The van der Waals surface area contributed by atoms with Gasteiger partial charge in [0.25, 0.3) is 0 Å². The number of carboxylic acid groups (broad SMARTS) is 1. The highest BCUT2D eigenvalue weighted by Crippen LogP contribution is 2.15. The molecule has 84 valence electrons. The van der Waals surface area contributed by atoms with Crippen LogP contribution < -0.4 is 0 Å². The van der Waals surface area contributed by atoms with E-state index in [2.05, 4.69) is 0 Å². The molecule has 0 aromatic rings. The average molecular weight is 240 g/mol. The van der Waals surface area contributed by atoms with Crippen LogP contribution in [0.5, 0.6) is 0 Å². The summed E-state index contributed by atoms with van der Waals surface area (Å²) in [5, 5.41) is 8.21. The van der Waals surface area contributed by atoms with Gasteiger partial charge in [0.2, 0.25) is 0 Å². The van der Waals surface area contributed by atoms with E-state index in [0.29, 0.717) is 12.2 Å². The molecule has 0 aromatic carbocycles. The Hall–Kier alpha value is -0.230. The third kappa shape index (κ3) is 5.49. The Morgan fingerprint density at radius 2 is 2.00 bits per heavy atom. The topological polar surface area (TPSA) is 71.4 Å². The molecule has 14 heavy (non-hydrogen) atoms. The third-order valence-corrected chi connectivity index (χ3v) is 5.14. The van der Waals surface area contributed by atoms with Crippen molar-refractivity contribution < 1.29 is 18.3 Å². The summed E-state index contributed by atoms with van der Waals surface area (Å²) >= 11 is 1.19. The molecule has 4 nitrogen and oxygen atoms in total. The molecule has 0 fully saturated rings. The maximum atomic E-state index is 11.1. The van der Waals surface area contributed by atoms with E-state index in [1.54, 1.807) is 13.8 Å². The molecule has 1 unspecified atom stereocenters. The van der Waals surface area contributed by atoms with E-state index in [0.717, 1.165) is 0 Å². The van der Waals surface area contributed by atoms with Gasteiger partial charge in [-0.25, -0.2) is 8.42 Å². The van der Waals surface area contributed by atoms with Crippen LogP contribution >= 0.6 is 11.8 Å². The first-order valence-corrected chi connectivity index (χ1v) is 7.34. The second-order valence-electron chi connectivity index (χ2n) is 2.84. The minimum Gasteiger partial charge on any atom is -0.480 e. The van der Waals surface area contributed by atoms with Crippen LogP contribution in [0.2, 0.25) is 0 Å². The number of hydrogen-bond acceptors (Lipinski definition) is 4. The smallest absolute Gasteiger partial charge is 0.316 e. The van der Waals surface area contributed by atoms with Crippen LogP contribution in [0.4, 0.5) is 0 Å². The molecule has 0 aromatic heterocycles. The molecule has 0 rings (SSSR count). The van der Waals surface area contributed by atoms with E-state index in [1.165, 1.54) is 11.8 Å². The lowest BCUT2D eigenvalue weighted by Crippen LogP contribution is -2.18. The fraction of sp³-hybridized carbons (Fsp3) is 0.875. The second kappa shape index (κ2) is 6.29. The van der Waals surface area contributed by atoms with Gasteiger partial charge in [0.15, 0.2) is 9.84 Å². The first kappa shape index (κ1) is 13.8. The van der Waals surface area contributed by atoms with Crippen molar-refractivity contribution in [2.24, 2.45) is 0 Å². The van der Waals surface area contributed by atoms with E-state index < -0.39 is 21.1 Å². The molecule has 0 saturated carbocycles. The zero-order valence-corrected chi connectivity index (χ0v) is 10.0. The van der Waals surface area contributed by atoms with Crippen LogP contribution in [-0.4, -0.2) is 42.0 Å². The summed E-state index contributed by atoms with van der Waals surface area (Å²) in [6, 6.07) is 0. The fourth-order valence-electron chi connectivity index (χ4n) is 0.825. The fourth-order valence-corrected chi connectivity index (χ4v) is 3.18. The quantitative estimate of drug-likeness (QED) is 0.719. The largest absolute Gasteiger partial charge is 0.480 e. The number of aliphatic carboxylic acids is 1. The molecule has 0 amide bonds. The highest BCUT2D eigenvalue weighted by molar-refractivity contribution is 8.01. The summed E-state index contributed by atoms with van der Waals surface area (Å²) in [4.78, 5) is 10.6. The van der Waals surface area contributed by atoms with Gasteiger partial charge in [-0.05, 0) is 6.42 Å². The number of hydrogen-bond donors (Lipinski definition) is 1. The van der Waals surface area contributed by atoms with Crippen molar-refractivity contribution in [1.82, 2.24) is 0 Å². The van der Waals surface area contributed by atoms with Crippen LogP contribution in [0.3, 0.4) is 0 Å². The van der Waals surface area contributed by atoms with Crippen LogP contribution in [0, 0.1) is 0 Å². The molecular weight excluding hydrogens is 224 g/mol. The van der Waals surface area contributed by atoms with Crippen molar-refractivity contribution in [1.29, 1.82) is 0 Å². The van der Waals surface area contributed by atoms with Gasteiger partial charge in [0, 0.05) is 11.5 Å². The molecule has 0 aliphatic carbocycles. The Balaban J connectivity index is 3.89. The summed E-state index contributed by atoms with van der Waals surface area (Å²) < 4.78 is 22.2. The van der Waals surface area contributed by atoms with Crippen molar-refractivity contribution in [3.63, 3.8) is 0 Å². The van der Waals surface area contributed by atoms with Gasteiger partial charge in [0.1, 0.15) is 5.25 Å². The monoisotopic (exact) mass is 240 g/mol. The van der Waals surface area contributed by atoms with Gasteiger partial charge in [0.05, 0.1) is 5.75 Å². The van der Waals surface area contributed by atoms with Gasteiger partial charge in [-0.2, -0.15) is 0 Å². The summed E-state index contributed by atoms with van der Waals surface area (Å²) in [5.41, 5.74) is 0. The Bertz CT molecular complexity index is 271. The number of carbonyl (C=O) groups is 1. The number of carboxylic acids is 1. The lowest BCUT2D eigenvalue weighted by Gasteiger charge is -2.08. The Morgan fingerprint density at radius 1 is 1.43 bits per heavy atom. The first-order valence-electron chi connectivity index (χ1n) is 4.47. The molecule has 0 spiro atoms. The average Bonchev–Trinajstić information content (AvgIpc) is 2.12. The standard InChI is InChI=1S/C8H16O4S2/c1-3-7(8(9)10)13-5-6-14(11,12)4-2/h7H,3-6H2,1-2H3,(H,9,10). The molecule has 6 heteroatoms.